The highest BCUT2D eigenvalue weighted by Crippen LogP contribution is 2.03. The predicted octanol–water partition coefficient (Wildman–Crippen LogP) is 0.626. The van der Waals surface area contributed by atoms with Crippen molar-refractivity contribution in [2.24, 2.45) is 13.0 Å². The van der Waals surface area contributed by atoms with E-state index < -0.39 is 0 Å². The van der Waals surface area contributed by atoms with Crippen molar-refractivity contribution in [3.05, 3.63) is 18.0 Å². The van der Waals surface area contributed by atoms with Gasteiger partial charge in [-0.05, 0) is 18.4 Å². The van der Waals surface area contributed by atoms with Gasteiger partial charge in [-0.1, -0.05) is 13.8 Å². The van der Waals surface area contributed by atoms with Gasteiger partial charge < -0.3 is 15.7 Å². The molecule has 0 radical (unpaired) electrons. The second-order valence-electron chi connectivity index (χ2n) is 4.66. The lowest BCUT2D eigenvalue weighted by molar-refractivity contribution is 0.116. The van der Waals surface area contributed by atoms with Gasteiger partial charge in [-0.3, -0.25) is 4.68 Å². The van der Waals surface area contributed by atoms with Crippen LogP contribution in [0.15, 0.2) is 12.3 Å². The molecule has 2 amide bonds. The van der Waals surface area contributed by atoms with Crippen LogP contribution in [0, 0.1) is 5.92 Å². The quantitative estimate of drug-likeness (QED) is 0.696. The van der Waals surface area contributed by atoms with Crippen molar-refractivity contribution in [3.63, 3.8) is 0 Å². The monoisotopic (exact) mass is 254 g/mol. The molecule has 1 aromatic heterocycles. The average molecular weight is 254 g/mol. The van der Waals surface area contributed by atoms with Crippen molar-refractivity contribution in [3.8, 4) is 0 Å². The molecule has 0 bridgehead atoms. The summed E-state index contributed by atoms with van der Waals surface area (Å²) in [7, 11) is 1.83. The molecular weight excluding hydrogens is 232 g/mol. The Hall–Kier alpha value is -1.56. The standard InChI is InChI=1S/C12H22N4O2/c1-9(2)11(17)5-6-13-12(18)14-8-10-4-7-15-16(10)3/h4,7,9,11,17H,5-6,8H2,1-3H3,(H2,13,14,18). The van der Waals surface area contributed by atoms with Crippen molar-refractivity contribution in [1.29, 1.82) is 0 Å². The van der Waals surface area contributed by atoms with Crippen molar-refractivity contribution in [2.45, 2.75) is 32.9 Å². The molecule has 1 aromatic rings. The van der Waals surface area contributed by atoms with Crippen LogP contribution < -0.4 is 10.6 Å². The number of nitrogens with one attached hydrogen (secondary N) is 2. The number of hydrogen-bond donors (Lipinski definition) is 3. The first-order chi connectivity index (χ1) is 8.50. The van der Waals surface area contributed by atoms with Crippen molar-refractivity contribution in [2.75, 3.05) is 6.54 Å². The van der Waals surface area contributed by atoms with Crippen LogP contribution in [0.25, 0.3) is 0 Å². The van der Waals surface area contributed by atoms with Gasteiger partial charge in [0.05, 0.1) is 18.3 Å². The minimum absolute atomic E-state index is 0.212. The first kappa shape index (κ1) is 14.5. The minimum Gasteiger partial charge on any atom is -0.393 e. The highest BCUT2D eigenvalue weighted by Gasteiger charge is 2.09. The van der Waals surface area contributed by atoms with Gasteiger partial charge in [0, 0.05) is 19.8 Å². The van der Waals surface area contributed by atoms with Crippen molar-refractivity contribution >= 4 is 6.03 Å². The summed E-state index contributed by atoms with van der Waals surface area (Å²) in [5.41, 5.74) is 0.937. The molecule has 0 spiro atoms. The van der Waals surface area contributed by atoms with E-state index in [2.05, 4.69) is 15.7 Å². The number of aromatic nitrogens is 2. The minimum atomic E-state index is -0.373. The third kappa shape index (κ3) is 4.75. The summed E-state index contributed by atoms with van der Waals surface area (Å²) in [6.07, 6.45) is 1.88. The normalized spacial score (nSPS) is 12.5. The Morgan fingerprint density at radius 1 is 1.50 bits per heavy atom. The number of urea groups is 1. The summed E-state index contributed by atoms with van der Waals surface area (Å²) in [5.74, 6) is 0.212. The zero-order chi connectivity index (χ0) is 13.5. The summed E-state index contributed by atoms with van der Waals surface area (Å²) < 4.78 is 1.71. The van der Waals surface area contributed by atoms with E-state index in [1.54, 1.807) is 10.9 Å². The van der Waals surface area contributed by atoms with Gasteiger partial charge in [-0.15, -0.1) is 0 Å². The number of aliphatic hydroxyl groups is 1. The Labute approximate surface area is 107 Å². The number of carbonyl (C=O) groups is 1. The Morgan fingerprint density at radius 3 is 2.78 bits per heavy atom. The second-order valence-corrected chi connectivity index (χ2v) is 4.66. The van der Waals surface area contributed by atoms with Crippen LogP contribution in [0.2, 0.25) is 0 Å². The highest BCUT2D eigenvalue weighted by atomic mass is 16.3. The summed E-state index contributed by atoms with van der Waals surface area (Å²) in [5, 5.41) is 19.0. The summed E-state index contributed by atoms with van der Waals surface area (Å²) in [6.45, 7) is 4.81. The fraction of sp³-hybridized carbons (Fsp3) is 0.667. The lowest BCUT2D eigenvalue weighted by Gasteiger charge is -2.14. The van der Waals surface area contributed by atoms with Gasteiger partial charge in [-0.25, -0.2) is 4.79 Å². The van der Waals surface area contributed by atoms with Crippen LogP contribution in [0.4, 0.5) is 4.79 Å². The van der Waals surface area contributed by atoms with E-state index in [0.717, 1.165) is 5.69 Å². The largest absolute Gasteiger partial charge is 0.393 e. The van der Waals surface area contributed by atoms with E-state index >= 15 is 0 Å². The van der Waals surface area contributed by atoms with Gasteiger partial charge in [0.2, 0.25) is 0 Å². The molecule has 0 aliphatic rings. The van der Waals surface area contributed by atoms with Crippen LogP contribution in [-0.4, -0.2) is 33.6 Å². The fourth-order valence-corrected chi connectivity index (χ4v) is 1.47. The molecule has 0 aromatic carbocycles. The summed E-state index contributed by atoms with van der Waals surface area (Å²) in [6, 6.07) is 1.62. The van der Waals surface area contributed by atoms with Gasteiger partial charge in [0.15, 0.2) is 0 Å². The fourth-order valence-electron chi connectivity index (χ4n) is 1.47. The van der Waals surface area contributed by atoms with Gasteiger partial charge in [-0.2, -0.15) is 5.10 Å². The van der Waals surface area contributed by atoms with E-state index in [0.29, 0.717) is 19.5 Å². The molecule has 6 heteroatoms. The molecule has 6 nitrogen and oxygen atoms in total. The number of amides is 2. The van der Waals surface area contributed by atoms with Crippen LogP contribution in [0.5, 0.6) is 0 Å². The third-order valence-electron chi connectivity index (χ3n) is 2.85. The number of aryl methyl sites for hydroxylation is 1. The maximum Gasteiger partial charge on any atom is 0.315 e. The summed E-state index contributed by atoms with van der Waals surface area (Å²) in [4.78, 5) is 11.5. The van der Waals surface area contributed by atoms with Gasteiger partial charge in [0.25, 0.3) is 0 Å². The lowest BCUT2D eigenvalue weighted by Crippen LogP contribution is -2.37. The molecule has 0 fully saturated rings. The topological polar surface area (TPSA) is 79.2 Å². The van der Waals surface area contributed by atoms with E-state index in [4.69, 9.17) is 0 Å². The lowest BCUT2D eigenvalue weighted by atomic mass is 10.0. The molecule has 18 heavy (non-hydrogen) atoms. The molecular formula is C12H22N4O2. The average Bonchev–Trinajstić information content (AvgIpc) is 2.72. The van der Waals surface area contributed by atoms with Gasteiger partial charge >= 0.3 is 6.03 Å². The molecule has 3 N–H and O–H groups in total. The van der Waals surface area contributed by atoms with Crippen molar-refractivity contribution in [1.82, 2.24) is 20.4 Å². The summed E-state index contributed by atoms with van der Waals surface area (Å²) >= 11 is 0. The van der Waals surface area contributed by atoms with Crippen molar-refractivity contribution < 1.29 is 9.90 Å². The molecule has 1 rings (SSSR count). The van der Waals surface area contributed by atoms with E-state index in [9.17, 15) is 9.90 Å². The van der Waals surface area contributed by atoms with E-state index in [1.807, 2.05) is 27.0 Å². The van der Waals surface area contributed by atoms with Crippen LogP contribution in [-0.2, 0) is 13.6 Å². The number of nitrogens with zero attached hydrogens (tertiary/aromatic N) is 2. The zero-order valence-corrected chi connectivity index (χ0v) is 11.2. The van der Waals surface area contributed by atoms with E-state index in [-0.39, 0.29) is 18.1 Å². The first-order valence-electron chi connectivity index (χ1n) is 6.17. The Balaban J connectivity index is 2.17. The number of aliphatic hydroxyl groups excluding tert-OH is 1. The molecule has 1 atom stereocenters. The molecule has 0 saturated carbocycles. The number of carbonyl (C=O) groups excluding carboxylic acids is 1. The van der Waals surface area contributed by atoms with E-state index in [1.165, 1.54) is 0 Å². The molecule has 1 heterocycles. The Bertz CT molecular complexity index is 376. The molecule has 102 valence electrons. The molecule has 0 aliphatic heterocycles. The Morgan fingerprint density at radius 2 is 2.22 bits per heavy atom. The van der Waals surface area contributed by atoms with Crippen LogP contribution >= 0.6 is 0 Å². The third-order valence-corrected chi connectivity index (χ3v) is 2.85. The molecule has 0 saturated heterocycles. The maximum absolute atomic E-state index is 11.5. The number of rotatable bonds is 6. The predicted molar refractivity (Wildman–Crippen MR) is 68.9 cm³/mol. The molecule has 0 aliphatic carbocycles. The zero-order valence-electron chi connectivity index (χ0n) is 11.2. The smallest absolute Gasteiger partial charge is 0.315 e. The van der Waals surface area contributed by atoms with Crippen LogP contribution in [0.1, 0.15) is 26.0 Å². The highest BCUT2D eigenvalue weighted by molar-refractivity contribution is 5.73. The van der Waals surface area contributed by atoms with Crippen LogP contribution in [0.3, 0.4) is 0 Å². The SMILES string of the molecule is CC(C)C(O)CCNC(=O)NCc1ccnn1C. The first-order valence-corrected chi connectivity index (χ1v) is 6.17. The van der Waals surface area contributed by atoms with Gasteiger partial charge in [0.1, 0.15) is 0 Å². The maximum atomic E-state index is 11.5. The second kappa shape index (κ2) is 7.00. The number of hydrogen-bond acceptors (Lipinski definition) is 3. The Kier molecular flexibility index (Phi) is 5.64. The molecule has 1 unspecified atom stereocenters.